The average molecular weight is 264 g/mol. The van der Waals surface area contributed by atoms with E-state index in [9.17, 15) is 4.79 Å². The molecule has 3 N–H and O–H groups in total. The predicted octanol–water partition coefficient (Wildman–Crippen LogP) is 1.53. The lowest BCUT2D eigenvalue weighted by Crippen LogP contribution is -2.27. The molecule has 0 bridgehead atoms. The molecule has 19 heavy (non-hydrogen) atoms. The highest BCUT2D eigenvalue weighted by Gasteiger charge is 2.12. The highest BCUT2D eigenvalue weighted by atomic mass is 16.5. The molecule has 0 radical (unpaired) electrons. The zero-order chi connectivity index (χ0) is 13.5. The van der Waals surface area contributed by atoms with Gasteiger partial charge in [-0.1, -0.05) is 0 Å². The van der Waals surface area contributed by atoms with Gasteiger partial charge in [-0.3, -0.25) is 4.79 Å². The Hall–Kier alpha value is -1.75. The van der Waals surface area contributed by atoms with E-state index < -0.39 is 0 Å². The van der Waals surface area contributed by atoms with Crippen LogP contribution in [0.3, 0.4) is 0 Å². The van der Waals surface area contributed by atoms with Gasteiger partial charge in [0.1, 0.15) is 5.75 Å². The molecule has 2 rings (SSSR count). The van der Waals surface area contributed by atoms with E-state index >= 15 is 0 Å². The van der Waals surface area contributed by atoms with E-state index in [0.717, 1.165) is 37.5 Å². The Morgan fingerprint density at radius 3 is 2.63 bits per heavy atom. The van der Waals surface area contributed by atoms with Gasteiger partial charge < -0.3 is 20.5 Å². The molecule has 1 aliphatic rings. The van der Waals surface area contributed by atoms with E-state index in [2.05, 4.69) is 5.32 Å². The summed E-state index contributed by atoms with van der Waals surface area (Å²) in [6.07, 6.45) is 2.32. The molecule has 0 aromatic heterocycles. The summed E-state index contributed by atoms with van der Waals surface area (Å²) in [4.78, 5) is 10.6. The normalized spacial score (nSPS) is 16.0. The molecule has 1 aliphatic heterocycles. The van der Waals surface area contributed by atoms with Crippen LogP contribution in [-0.4, -0.2) is 31.8 Å². The van der Waals surface area contributed by atoms with Crippen molar-refractivity contribution in [3.05, 3.63) is 24.3 Å². The fraction of sp³-hybridized carbons (Fsp3) is 0.500. The minimum atomic E-state index is -0.349. The van der Waals surface area contributed by atoms with Gasteiger partial charge >= 0.3 is 0 Å². The van der Waals surface area contributed by atoms with Crippen molar-refractivity contribution in [1.82, 2.24) is 0 Å². The average Bonchev–Trinajstić information content (AvgIpc) is 2.42. The van der Waals surface area contributed by atoms with Crippen LogP contribution in [0.25, 0.3) is 0 Å². The first-order valence-corrected chi connectivity index (χ1v) is 6.59. The molecule has 1 heterocycles. The predicted molar refractivity (Wildman–Crippen MR) is 73.2 cm³/mol. The van der Waals surface area contributed by atoms with Gasteiger partial charge in [-0.25, -0.2) is 0 Å². The first-order valence-electron chi connectivity index (χ1n) is 6.59. The Labute approximate surface area is 113 Å². The lowest BCUT2D eigenvalue weighted by atomic mass is 10.1. The maximum Gasteiger partial charge on any atom is 0.220 e. The number of anilines is 1. The van der Waals surface area contributed by atoms with Crippen molar-refractivity contribution in [1.29, 1.82) is 0 Å². The molecular weight excluding hydrogens is 244 g/mol. The molecule has 0 spiro atoms. The maximum absolute atomic E-state index is 10.6. The molecule has 0 atom stereocenters. The summed E-state index contributed by atoms with van der Waals surface area (Å²) in [7, 11) is 0. The minimum Gasteiger partial charge on any atom is -0.493 e. The van der Waals surface area contributed by atoms with Crippen LogP contribution >= 0.6 is 0 Å². The van der Waals surface area contributed by atoms with Crippen LogP contribution in [0.15, 0.2) is 24.3 Å². The lowest BCUT2D eigenvalue weighted by molar-refractivity contribution is -0.118. The fourth-order valence-electron chi connectivity index (χ4n) is 1.99. The number of carbonyl (C=O) groups is 1. The molecule has 1 aromatic carbocycles. The fourth-order valence-corrected chi connectivity index (χ4v) is 1.99. The minimum absolute atomic E-state index is 0.238. The van der Waals surface area contributed by atoms with Crippen molar-refractivity contribution in [3.8, 4) is 5.75 Å². The van der Waals surface area contributed by atoms with Crippen LogP contribution in [0.1, 0.15) is 19.3 Å². The monoisotopic (exact) mass is 264 g/mol. The second-order valence-corrected chi connectivity index (χ2v) is 4.62. The highest BCUT2D eigenvalue weighted by molar-refractivity contribution is 5.73. The van der Waals surface area contributed by atoms with Crippen molar-refractivity contribution in [2.24, 2.45) is 5.73 Å². The van der Waals surface area contributed by atoms with E-state index in [0.29, 0.717) is 12.6 Å². The first kappa shape index (κ1) is 13.7. The van der Waals surface area contributed by atoms with Crippen molar-refractivity contribution in [2.75, 3.05) is 25.1 Å². The molecule has 0 saturated carbocycles. The number of hydrogen-bond acceptors (Lipinski definition) is 4. The Morgan fingerprint density at radius 1 is 1.32 bits per heavy atom. The van der Waals surface area contributed by atoms with Crippen molar-refractivity contribution < 1.29 is 14.3 Å². The highest BCUT2D eigenvalue weighted by Crippen LogP contribution is 2.19. The van der Waals surface area contributed by atoms with E-state index in [1.807, 2.05) is 24.3 Å². The lowest BCUT2D eigenvalue weighted by Gasteiger charge is -2.24. The number of benzene rings is 1. The topological polar surface area (TPSA) is 73.6 Å². The summed E-state index contributed by atoms with van der Waals surface area (Å²) >= 11 is 0. The molecule has 1 aromatic rings. The summed E-state index contributed by atoms with van der Waals surface area (Å²) in [6, 6.07) is 8.23. The smallest absolute Gasteiger partial charge is 0.220 e. The summed E-state index contributed by atoms with van der Waals surface area (Å²) in [6.45, 7) is 1.97. The van der Waals surface area contributed by atoms with E-state index in [1.165, 1.54) is 0 Å². The quantitative estimate of drug-likeness (QED) is 0.817. The Kier molecular flexibility index (Phi) is 5.03. The van der Waals surface area contributed by atoms with Gasteiger partial charge in [-0.2, -0.15) is 0 Å². The standard InChI is InChI=1S/C14H20N2O3/c15-14(17)7-10-19-13-3-1-11(2-4-13)16-12-5-8-18-9-6-12/h1-4,12,16H,5-10H2,(H2,15,17). The molecule has 1 saturated heterocycles. The van der Waals surface area contributed by atoms with E-state index in [-0.39, 0.29) is 12.3 Å². The van der Waals surface area contributed by atoms with Gasteiger partial charge in [-0.05, 0) is 37.1 Å². The Morgan fingerprint density at radius 2 is 2.00 bits per heavy atom. The van der Waals surface area contributed by atoms with Crippen LogP contribution in [0, 0.1) is 0 Å². The number of amides is 1. The second-order valence-electron chi connectivity index (χ2n) is 4.62. The van der Waals surface area contributed by atoms with Crippen molar-refractivity contribution in [3.63, 3.8) is 0 Å². The third kappa shape index (κ3) is 4.79. The number of rotatable bonds is 6. The number of carbonyl (C=O) groups excluding carboxylic acids is 1. The number of ether oxygens (including phenoxy) is 2. The van der Waals surface area contributed by atoms with Crippen molar-refractivity contribution >= 4 is 11.6 Å². The van der Waals surface area contributed by atoms with E-state index in [4.69, 9.17) is 15.2 Å². The Balaban J connectivity index is 1.78. The number of primary amides is 1. The molecule has 0 aliphatic carbocycles. The third-order valence-corrected chi connectivity index (χ3v) is 3.06. The van der Waals surface area contributed by atoms with Gasteiger partial charge in [-0.15, -0.1) is 0 Å². The first-order chi connectivity index (χ1) is 9.24. The molecule has 104 valence electrons. The number of hydrogen-bond donors (Lipinski definition) is 2. The van der Waals surface area contributed by atoms with Crippen LogP contribution in [0.2, 0.25) is 0 Å². The largest absolute Gasteiger partial charge is 0.493 e. The molecule has 1 amide bonds. The van der Waals surface area contributed by atoms with Gasteiger partial charge in [0.05, 0.1) is 13.0 Å². The zero-order valence-corrected chi connectivity index (χ0v) is 10.9. The number of nitrogens with two attached hydrogens (primary N) is 1. The maximum atomic E-state index is 10.6. The SMILES string of the molecule is NC(=O)CCOc1ccc(NC2CCOCC2)cc1. The van der Waals surface area contributed by atoms with Gasteiger partial charge in [0.2, 0.25) is 5.91 Å². The summed E-state index contributed by atoms with van der Waals surface area (Å²) < 4.78 is 10.7. The van der Waals surface area contributed by atoms with Crippen LogP contribution in [-0.2, 0) is 9.53 Å². The number of nitrogens with one attached hydrogen (secondary N) is 1. The zero-order valence-electron chi connectivity index (χ0n) is 10.9. The van der Waals surface area contributed by atoms with Crippen LogP contribution in [0.4, 0.5) is 5.69 Å². The molecule has 1 fully saturated rings. The van der Waals surface area contributed by atoms with Gasteiger partial charge in [0.25, 0.3) is 0 Å². The third-order valence-electron chi connectivity index (χ3n) is 3.06. The summed E-state index contributed by atoms with van der Waals surface area (Å²) in [5.41, 5.74) is 6.12. The van der Waals surface area contributed by atoms with Crippen LogP contribution in [0.5, 0.6) is 5.75 Å². The van der Waals surface area contributed by atoms with Gasteiger partial charge in [0.15, 0.2) is 0 Å². The molecule has 5 heteroatoms. The molecule has 5 nitrogen and oxygen atoms in total. The Bertz CT molecular complexity index is 400. The summed E-state index contributed by atoms with van der Waals surface area (Å²) in [5.74, 6) is 0.400. The molecule has 0 unspecified atom stereocenters. The van der Waals surface area contributed by atoms with Crippen molar-refractivity contribution in [2.45, 2.75) is 25.3 Å². The molecular formula is C14H20N2O3. The van der Waals surface area contributed by atoms with Crippen LogP contribution < -0.4 is 15.8 Å². The van der Waals surface area contributed by atoms with E-state index in [1.54, 1.807) is 0 Å². The summed E-state index contributed by atoms with van der Waals surface area (Å²) in [5, 5.41) is 3.47. The second kappa shape index (κ2) is 6.99. The van der Waals surface area contributed by atoms with Gasteiger partial charge in [0, 0.05) is 24.9 Å².